The average molecular weight is 329 g/mol. The van der Waals surface area contributed by atoms with Crippen LogP contribution in [0.4, 0.5) is 13.2 Å². The molecule has 0 saturated carbocycles. The van der Waals surface area contributed by atoms with Gasteiger partial charge in [0.15, 0.2) is 0 Å². The quantitative estimate of drug-likeness (QED) is 0.777. The SMILES string of the molecule is Cc1cc(C(F)(F)F)nc(SC2CC(=O)N(C)C2=O)c1C#N. The van der Waals surface area contributed by atoms with E-state index in [0.717, 1.165) is 11.0 Å². The second-order valence-electron chi connectivity index (χ2n) is 4.72. The van der Waals surface area contributed by atoms with Crippen molar-refractivity contribution in [3.63, 3.8) is 0 Å². The van der Waals surface area contributed by atoms with Gasteiger partial charge in [-0.2, -0.15) is 18.4 Å². The Morgan fingerprint density at radius 2 is 2.09 bits per heavy atom. The molecule has 1 aromatic heterocycles. The van der Waals surface area contributed by atoms with E-state index in [1.807, 2.05) is 0 Å². The molecule has 2 amide bonds. The summed E-state index contributed by atoms with van der Waals surface area (Å²) < 4.78 is 38.4. The summed E-state index contributed by atoms with van der Waals surface area (Å²) >= 11 is 0.717. The summed E-state index contributed by atoms with van der Waals surface area (Å²) in [6.45, 7) is 1.37. The number of alkyl halides is 3. The van der Waals surface area contributed by atoms with E-state index in [4.69, 9.17) is 5.26 Å². The lowest BCUT2D eigenvalue weighted by atomic mass is 10.1. The molecule has 1 fully saturated rings. The molecule has 2 rings (SSSR count). The molecule has 1 atom stereocenters. The number of carbonyl (C=O) groups is 2. The molecule has 0 spiro atoms. The minimum absolute atomic E-state index is 0.0206. The standard InChI is InChI=1S/C13H10F3N3O2S/c1-6-3-9(13(14,15)16)18-11(7(6)5-17)22-8-4-10(20)19(2)12(8)21/h3,8H,4H2,1-2H3. The van der Waals surface area contributed by atoms with Crippen LogP contribution in [0.3, 0.4) is 0 Å². The maximum atomic E-state index is 12.8. The molecular weight excluding hydrogens is 319 g/mol. The van der Waals surface area contributed by atoms with Gasteiger partial charge >= 0.3 is 6.18 Å². The van der Waals surface area contributed by atoms with E-state index in [1.165, 1.54) is 14.0 Å². The molecule has 1 aliphatic heterocycles. The van der Waals surface area contributed by atoms with Crippen LogP contribution in [0.5, 0.6) is 0 Å². The number of rotatable bonds is 2. The van der Waals surface area contributed by atoms with Gasteiger partial charge in [-0.1, -0.05) is 11.8 Å². The second kappa shape index (κ2) is 5.61. The van der Waals surface area contributed by atoms with E-state index in [0.29, 0.717) is 11.8 Å². The lowest BCUT2D eigenvalue weighted by Gasteiger charge is -2.13. The van der Waals surface area contributed by atoms with E-state index in [1.54, 1.807) is 6.07 Å². The van der Waals surface area contributed by atoms with Crippen molar-refractivity contribution in [1.29, 1.82) is 5.26 Å². The maximum Gasteiger partial charge on any atom is 0.433 e. The van der Waals surface area contributed by atoms with Gasteiger partial charge in [0.05, 0.1) is 10.8 Å². The summed E-state index contributed by atoms with van der Waals surface area (Å²) in [7, 11) is 1.31. The zero-order valence-corrected chi connectivity index (χ0v) is 12.4. The van der Waals surface area contributed by atoms with Crippen LogP contribution in [0.25, 0.3) is 0 Å². The minimum atomic E-state index is -4.65. The first-order valence-electron chi connectivity index (χ1n) is 6.11. The van der Waals surface area contributed by atoms with Gasteiger partial charge in [0, 0.05) is 13.5 Å². The minimum Gasteiger partial charge on any atom is -0.285 e. The predicted molar refractivity (Wildman–Crippen MR) is 70.7 cm³/mol. The Morgan fingerprint density at radius 1 is 1.45 bits per heavy atom. The summed E-state index contributed by atoms with van der Waals surface area (Å²) in [6.07, 6.45) is -4.78. The number of nitriles is 1. The van der Waals surface area contributed by atoms with Gasteiger partial charge in [0.2, 0.25) is 11.8 Å². The van der Waals surface area contributed by atoms with Gasteiger partial charge in [-0.15, -0.1) is 0 Å². The number of aryl methyl sites for hydroxylation is 1. The molecular formula is C13H10F3N3O2S. The molecule has 22 heavy (non-hydrogen) atoms. The van der Waals surface area contributed by atoms with Gasteiger partial charge in [-0.25, -0.2) is 4.98 Å². The number of halogens is 3. The highest BCUT2D eigenvalue weighted by Gasteiger charge is 2.39. The topological polar surface area (TPSA) is 74.1 Å². The van der Waals surface area contributed by atoms with Crippen molar-refractivity contribution in [3.8, 4) is 6.07 Å². The lowest BCUT2D eigenvalue weighted by molar-refractivity contribution is -0.141. The summed E-state index contributed by atoms with van der Waals surface area (Å²) in [5.74, 6) is -0.916. The number of pyridine rings is 1. The third-order valence-electron chi connectivity index (χ3n) is 3.18. The van der Waals surface area contributed by atoms with Crippen molar-refractivity contribution in [1.82, 2.24) is 9.88 Å². The number of nitrogens with zero attached hydrogens (tertiary/aromatic N) is 3. The Hall–Kier alpha value is -2.08. The first-order valence-corrected chi connectivity index (χ1v) is 6.99. The molecule has 1 unspecified atom stereocenters. The predicted octanol–water partition coefficient (Wildman–Crippen LogP) is 2.13. The van der Waals surface area contributed by atoms with Gasteiger partial charge < -0.3 is 0 Å². The van der Waals surface area contributed by atoms with Crippen LogP contribution < -0.4 is 0 Å². The summed E-state index contributed by atoms with van der Waals surface area (Å²) in [4.78, 5) is 27.7. The third-order valence-corrected chi connectivity index (χ3v) is 4.35. The summed E-state index contributed by atoms with van der Waals surface area (Å²) in [5.41, 5.74) is -1.03. The number of carbonyl (C=O) groups excluding carboxylic acids is 2. The average Bonchev–Trinajstić information content (AvgIpc) is 2.65. The maximum absolute atomic E-state index is 12.8. The molecule has 9 heteroatoms. The normalized spacial score (nSPS) is 18.7. The number of thioether (sulfide) groups is 1. The van der Waals surface area contributed by atoms with Crippen molar-refractivity contribution in [3.05, 3.63) is 22.9 Å². The van der Waals surface area contributed by atoms with Gasteiger partial charge in [0.1, 0.15) is 16.8 Å². The van der Waals surface area contributed by atoms with Crippen LogP contribution in [-0.4, -0.2) is 34.0 Å². The number of hydrogen-bond acceptors (Lipinski definition) is 5. The highest BCUT2D eigenvalue weighted by atomic mass is 32.2. The second-order valence-corrected chi connectivity index (χ2v) is 5.91. The summed E-state index contributed by atoms with van der Waals surface area (Å²) in [5, 5.41) is 8.04. The van der Waals surface area contributed by atoms with Gasteiger partial charge in [-0.3, -0.25) is 14.5 Å². The number of imide groups is 1. The van der Waals surface area contributed by atoms with Crippen LogP contribution in [0.1, 0.15) is 23.2 Å². The molecule has 0 aromatic carbocycles. The van der Waals surface area contributed by atoms with Crippen molar-refractivity contribution in [2.24, 2.45) is 0 Å². The molecule has 0 bridgehead atoms. The molecule has 116 valence electrons. The van der Waals surface area contributed by atoms with Crippen LogP contribution in [0.15, 0.2) is 11.1 Å². The monoisotopic (exact) mass is 329 g/mol. The number of likely N-dealkylation sites (tertiary alicyclic amines) is 1. The Labute approximate surface area is 128 Å². The fourth-order valence-corrected chi connectivity index (χ4v) is 3.19. The Kier molecular flexibility index (Phi) is 4.15. The molecule has 0 aliphatic carbocycles. The Balaban J connectivity index is 2.42. The molecule has 1 aliphatic rings. The smallest absolute Gasteiger partial charge is 0.285 e. The van der Waals surface area contributed by atoms with Crippen LogP contribution >= 0.6 is 11.8 Å². The van der Waals surface area contributed by atoms with Crippen molar-refractivity contribution in [2.75, 3.05) is 7.05 Å². The largest absolute Gasteiger partial charge is 0.433 e. The van der Waals surface area contributed by atoms with Gasteiger partial charge in [-0.05, 0) is 18.6 Å². The summed E-state index contributed by atoms with van der Waals surface area (Å²) in [6, 6.07) is 2.58. The molecule has 5 nitrogen and oxygen atoms in total. The zero-order chi connectivity index (χ0) is 16.7. The highest BCUT2D eigenvalue weighted by Crippen LogP contribution is 2.36. The third kappa shape index (κ3) is 2.92. The number of amides is 2. The van der Waals surface area contributed by atoms with E-state index < -0.39 is 28.9 Å². The molecule has 1 saturated heterocycles. The fourth-order valence-electron chi connectivity index (χ4n) is 1.96. The lowest BCUT2D eigenvalue weighted by Crippen LogP contribution is -2.26. The van der Waals surface area contributed by atoms with Crippen molar-refractivity contribution >= 4 is 23.6 Å². The molecule has 0 radical (unpaired) electrons. The van der Waals surface area contributed by atoms with E-state index in [9.17, 15) is 22.8 Å². The zero-order valence-electron chi connectivity index (χ0n) is 11.6. The highest BCUT2D eigenvalue weighted by molar-refractivity contribution is 8.00. The number of aromatic nitrogens is 1. The molecule has 2 heterocycles. The molecule has 1 aromatic rings. The first-order chi connectivity index (χ1) is 10.1. The fraction of sp³-hybridized carbons (Fsp3) is 0.385. The van der Waals surface area contributed by atoms with E-state index in [-0.39, 0.29) is 22.6 Å². The van der Waals surface area contributed by atoms with Crippen LogP contribution in [-0.2, 0) is 15.8 Å². The van der Waals surface area contributed by atoms with Crippen molar-refractivity contribution < 1.29 is 22.8 Å². The van der Waals surface area contributed by atoms with Crippen LogP contribution in [0.2, 0.25) is 0 Å². The van der Waals surface area contributed by atoms with E-state index >= 15 is 0 Å². The van der Waals surface area contributed by atoms with Gasteiger partial charge in [0.25, 0.3) is 0 Å². The van der Waals surface area contributed by atoms with Crippen LogP contribution in [0, 0.1) is 18.3 Å². The van der Waals surface area contributed by atoms with E-state index in [2.05, 4.69) is 4.98 Å². The Morgan fingerprint density at radius 3 is 2.55 bits per heavy atom. The number of hydrogen-bond donors (Lipinski definition) is 0. The first kappa shape index (κ1) is 16.3. The van der Waals surface area contributed by atoms with Crippen molar-refractivity contribution in [2.45, 2.75) is 29.8 Å². The molecule has 0 N–H and O–H groups in total. The Bertz CT molecular complexity index is 697.